The summed E-state index contributed by atoms with van der Waals surface area (Å²) in [7, 11) is 0. The van der Waals surface area contributed by atoms with E-state index in [2.05, 4.69) is 31.4 Å². The zero-order valence-corrected chi connectivity index (χ0v) is 12.8. The number of benzene rings is 1. The summed E-state index contributed by atoms with van der Waals surface area (Å²) in [4.78, 5) is 11.0. The second-order valence-corrected chi connectivity index (χ2v) is 6.12. The lowest BCUT2D eigenvalue weighted by atomic mass is 9.92. The van der Waals surface area contributed by atoms with Crippen molar-refractivity contribution in [2.45, 2.75) is 40.5 Å². The highest BCUT2D eigenvalue weighted by molar-refractivity contribution is 5.76. The summed E-state index contributed by atoms with van der Waals surface area (Å²) in [5.74, 6) is 0. The predicted octanol–water partition coefficient (Wildman–Crippen LogP) is 4.26. The molecule has 0 aliphatic rings. The van der Waals surface area contributed by atoms with E-state index in [0.717, 1.165) is 25.9 Å². The van der Waals surface area contributed by atoms with Gasteiger partial charge >= 0.3 is 5.69 Å². The number of rotatable bonds is 7. The Hall–Kier alpha value is -1.78. The highest BCUT2D eigenvalue weighted by Gasteiger charge is 2.19. The zero-order valence-electron chi connectivity index (χ0n) is 12.8. The lowest BCUT2D eigenvalue weighted by Gasteiger charge is -2.19. The van der Waals surface area contributed by atoms with Crippen LogP contribution in [0.15, 0.2) is 18.2 Å². The maximum Gasteiger partial charge on any atom is 0.315 e. The molecule has 0 heterocycles. The van der Waals surface area contributed by atoms with Crippen LogP contribution in [0.2, 0.25) is 0 Å². The first kappa shape index (κ1) is 16.3. The molecule has 0 fully saturated rings. The summed E-state index contributed by atoms with van der Waals surface area (Å²) in [5, 5.41) is 17.6. The van der Waals surface area contributed by atoms with E-state index in [9.17, 15) is 10.1 Å². The third-order valence-corrected chi connectivity index (χ3v) is 2.97. The molecule has 1 aromatic rings. The lowest BCUT2D eigenvalue weighted by Crippen LogP contribution is -2.14. The molecule has 2 N–H and O–H groups in total. The van der Waals surface area contributed by atoms with Crippen LogP contribution in [0.25, 0.3) is 0 Å². The second-order valence-electron chi connectivity index (χ2n) is 6.12. The molecule has 0 spiro atoms. The predicted molar refractivity (Wildman–Crippen MR) is 84.4 cm³/mol. The van der Waals surface area contributed by atoms with Crippen molar-refractivity contribution in [1.29, 1.82) is 0 Å². The standard InChI is InChI=1S/C15H25N3O2/c1-5-10-16-12-7-6-8-13(14(12)18(19)20)17-11-9-15(2,3)4/h6-8,16-17H,5,9-11H2,1-4H3. The van der Waals surface area contributed by atoms with E-state index >= 15 is 0 Å². The average Bonchev–Trinajstić information content (AvgIpc) is 2.34. The third kappa shape index (κ3) is 5.07. The van der Waals surface area contributed by atoms with Gasteiger partial charge in [0.15, 0.2) is 0 Å². The molecule has 20 heavy (non-hydrogen) atoms. The Morgan fingerprint density at radius 3 is 2.15 bits per heavy atom. The van der Waals surface area contributed by atoms with Gasteiger partial charge in [0.25, 0.3) is 0 Å². The number of para-hydroxylation sites is 1. The Kier molecular flexibility index (Phi) is 5.80. The Morgan fingerprint density at radius 1 is 1.15 bits per heavy atom. The van der Waals surface area contributed by atoms with Crippen LogP contribution >= 0.6 is 0 Å². The van der Waals surface area contributed by atoms with Crippen LogP contribution in [0.3, 0.4) is 0 Å². The van der Waals surface area contributed by atoms with Crippen LogP contribution in [-0.2, 0) is 0 Å². The number of nitrogens with zero attached hydrogens (tertiary/aromatic N) is 1. The van der Waals surface area contributed by atoms with E-state index in [-0.39, 0.29) is 16.0 Å². The molecule has 112 valence electrons. The van der Waals surface area contributed by atoms with Crippen LogP contribution < -0.4 is 10.6 Å². The molecule has 5 nitrogen and oxygen atoms in total. The number of hydrogen-bond acceptors (Lipinski definition) is 4. The van der Waals surface area contributed by atoms with Crippen LogP contribution in [0.5, 0.6) is 0 Å². The first-order valence-corrected chi connectivity index (χ1v) is 7.10. The molecule has 1 aromatic carbocycles. The number of hydrogen-bond donors (Lipinski definition) is 2. The Labute approximate surface area is 120 Å². The van der Waals surface area contributed by atoms with E-state index in [4.69, 9.17) is 0 Å². The van der Waals surface area contributed by atoms with E-state index < -0.39 is 0 Å². The molecule has 0 bridgehead atoms. The van der Waals surface area contributed by atoms with E-state index in [1.807, 2.05) is 13.0 Å². The molecule has 5 heteroatoms. The third-order valence-electron chi connectivity index (χ3n) is 2.97. The van der Waals surface area contributed by atoms with Crippen molar-refractivity contribution in [2.75, 3.05) is 23.7 Å². The van der Waals surface area contributed by atoms with Crippen LogP contribution in [0, 0.1) is 15.5 Å². The lowest BCUT2D eigenvalue weighted by molar-refractivity contribution is -0.383. The fourth-order valence-corrected chi connectivity index (χ4v) is 1.86. The van der Waals surface area contributed by atoms with Gasteiger partial charge in [-0.2, -0.15) is 0 Å². The van der Waals surface area contributed by atoms with Crippen molar-refractivity contribution < 1.29 is 4.92 Å². The Bertz CT molecular complexity index is 453. The van der Waals surface area contributed by atoms with Gasteiger partial charge in [-0.3, -0.25) is 10.1 Å². The van der Waals surface area contributed by atoms with E-state index in [1.165, 1.54) is 0 Å². The van der Waals surface area contributed by atoms with Crippen molar-refractivity contribution in [3.63, 3.8) is 0 Å². The van der Waals surface area contributed by atoms with Gasteiger partial charge in [-0.25, -0.2) is 0 Å². The highest BCUT2D eigenvalue weighted by Crippen LogP contribution is 2.33. The van der Waals surface area contributed by atoms with Gasteiger partial charge in [0.2, 0.25) is 0 Å². The largest absolute Gasteiger partial charge is 0.379 e. The smallest absolute Gasteiger partial charge is 0.315 e. The highest BCUT2D eigenvalue weighted by atomic mass is 16.6. The molecular weight excluding hydrogens is 254 g/mol. The van der Waals surface area contributed by atoms with Gasteiger partial charge in [-0.15, -0.1) is 0 Å². The summed E-state index contributed by atoms with van der Waals surface area (Å²) in [6.45, 7) is 9.95. The average molecular weight is 279 g/mol. The van der Waals surface area contributed by atoms with Gasteiger partial charge in [-0.1, -0.05) is 33.8 Å². The summed E-state index contributed by atoms with van der Waals surface area (Å²) in [5.41, 5.74) is 1.51. The Morgan fingerprint density at radius 2 is 1.70 bits per heavy atom. The van der Waals surface area contributed by atoms with Crippen LogP contribution in [-0.4, -0.2) is 18.0 Å². The molecule has 0 saturated carbocycles. The molecule has 0 aromatic heterocycles. The van der Waals surface area contributed by atoms with Gasteiger partial charge in [0, 0.05) is 13.1 Å². The van der Waals surface area contributed by atoms with Crippen molar-refractivity contribution in [1.82, 2.24) is 0 Å². The second kappa shape index (κ2) is 7.12. The normalized spacial score (nSPS) is 11.2. The minimum absolute atomic E-state index is 0.134. The zero-order chi connectivity index (χ0) is 15.2. The van der Waals surface area contributed by atoms with Crippen molar-refractivity contribution >= 4 is 17.1 Å². The minimum Gasteiger partial charge on any atom is -0.379 e. The van der Waals surface area contributed by atoms with Gasteiger partial charge < -0.3 is 10.6 Å². The molecule has 1 rings (SSSR count). The summed E-state index contributed by atoms with van der Waals surface area (Å²) < 4.78 is 0. The van der Waals surface area contributed by atoms with E-state index in [0.29, 0.717) is 11.4 Å². The molecule has 0 aliphatic heterocycles. The van der Waals surface area contributed by atoms with Gasteiger partial charge in [0.05, 0.1) is 4.92 Å². The number of nitro groups is 1. The number of anilines is 2. The molecule has 0 atom stereocenters. The topological polar surface area (TPSA) is 67.2 Å². The van der Waals surface area contributed by atoms with Crippen molar-refractivity contribution in [2.24, 2.45) is 5.41 Å². The SMILES string of the molecule is CCCNc1cccc(NCCC(C)(C)C)c1[N+](=O)[O-]. The fourth-order valence-electron chi connectivity index (χ4n) is 1.86. The fraction of sp³-hybridized carbons (Fsp3) is 0.600. The van der Waals surface area contributed by atoms with Crippen molar-refractivity contribution in [3.05, 3.63) is 28.3 Å². The van der Waals surface area contributed by atoms with Crippen LogP contribution in [0.1, 0.15) is 40.5 Å². The Balaban J connectivity index is 2.86. The summed E-state index contributed by atoms with van der Waals surface area (Å²) in [6.07, 6.45) is 1.88. The number of nitrogens with one attached hydrogen (secondary N) is 2. The quantitative estimate of drug-likeness (QED) is 0.578. The summed E-state index contributed by atoms with van der Waals surface area (Å²) in [6, 6.07) is 5.35. The maximum atomic E-state index is 11.3. The summed E-state index contributed by atoms with van der Waals surface area (Å²) >= 11 is 0. The van der Waals surface area contributed by atoms with E-state index in [1.54, 1.807) is 12.1 Å². The molecule has 0 amide bonds. The maximum absolute atomic E-state index is 11.3. The molecule has 0 unspecified atom stereocenters. The van der Waals surface area contributed by atoms with Crippen LogP contribution in [0.4, 0.5) is 17.1 Å². The minimum atomic E-state index is -0.322. The van der Waals surface area contributed by atoms with Crippen molar-refractivity contribution in [3.8, 4) is 0 Å². The van der Waals surface area contributed by atoms with Gasteiger partial charge in [-0.05, 0) is 30.4 Å². The molecule has 0 aliphatic carbocycles. The molecule has 0 radical (unpaired) electrons. The monoisotopic (exact) mass is 279 g/mol. The van der Waals surface area contributed by atoms with Gasteiger partial charge in [0.1, 0.15) is 11.4 Å². The molecule has 0 saturated heterocycles. The number of nitro benzene ring substituents is 1. The molecular formula is C15H25N3O2. The first-order valence-electron chi connectivity index (χ1n) is 7.10. The first-order chi connectivity index (χ1) is 9.35.